The van der Waals surface area contributed by atoms with Crippen LogP contribution in [0.3, 0.4) is 0 Å². The number of ether oxygens (including phenoxy) is 2. The number of methoxy groups -OCH3 is 2. The van der Waals surface area contributed by atoms with E-state index in [1.165, 1.54) is 11.8 Å². The van der Waals surface area contributed by atoms with E-state index in [1.54, 1.807) is 20.3 Å². The molecule has 17 heavy (non-hydrogen) atoms. The van der Waals surface area contributed by atoms with Gasteiger partial charge in [-0.15, -0.1) is 11.8 Å². The normalized spacial score (nSPS) is 10.1. The smallest absolute Gasteiger partial charge is 0.168 e. The minimum atomic E-state index is -0.0291. The van der Waals surface area contributed by atoms with Crippen molar-refractivity contribution in [3.05, 3.63) is 17.7 Å². The van der Waals surface area contributed by atoms with Crippen molar-refractivity contribution in [3.8, 4) is 11.5 Å². The van der Waals surface area contributed by atoms with Gasteiger partial charge in [0.25, 0.3) is 0 Å². The quantitative estimate of drug-likeness (QED) is 0.622. The fraction of sp³-hybridized carbons (Fsp3) is 0.417. The summed E-state index contributed by atoms with van der Waals surface area (Å²) in [5.74, 6) is 1.21. The molecule has 0 aliphatic rings. The third-order valence-corrected chi connectivity index (χ3v) is 3.10. The number of hydrogen-bond acceptors (Lipinski definition) is 5. The van der Waals surface area contributed by atoms with E-state index in [0.717, 1.165) is 4.90 Å². The first kappa shape index (κ1) is 13.9. The highest BCUT2D eigenvalue weighted by Gasteiger charge is 2.17. The number of hydrogen-bond donors (Lipinski definition) is 1. The molecule has 5 heteroatoms. The maximum absolute atomic E-state index is 11.9. The summed E-state index contributed by atoms with van der Waals surface area (Å²) < 4.78 is 10.5. The zero-order valence-corrected chi connectivity index (χ0v) is 11.1. The first-order valence-electron chi connectivity index (χ1n) is 5.21. The van der Waals surface area contributed by atoms with Crippen molar-refractivity contribution in [2.75, 3.05) is 27.0 Å². The van der Waals surface area contributed by atoms with Crippen LogP contribution >= 0.6 is 11.8 Å². The van der Waals surface area contributed by atoms with E-state index >= 15 is 0 Å². The van der Waals surface area contributed by atoms with Gasteiger partial charge in [0.05, 0.1) is 24.7 Å². The Bertz CT molecular complexity index is 407. The zero-order valence-electron chi connectivity index (χ0n) is 10.3. The topological polar surface area (TPSA) is 61.5 Å². The molecule has 94 valence electrons. The minimum Gasteiger partial charge on any atom is -0.497 e. The van der Waals surface area contributed by atoms with Gasteiger partial charge in [-0.25, -0.2) is 0 Å². The van der Waals surface area contributed by atoms with E-state index in [0.29, 0.717) is 30.0 Å². The van der Waals surface area contributed by atoms with Crippen LogP contribution in [0, 0.1) is 0 Å². The van der Waals surface area contributed by atoms with Crippen LogP contribution in [-0.4, -0.2) is 32.8 Å². The maximum atomic E-state index is 11.9. The standard InChI is InChI=1S/C12H17NO3S/c1-15-8-6-9(10(14)4-5-13)12(16-2)11(7-8)17-3/h6-7H,4-5,13H2,1-3H3. The van der Waals surface area contributed by atoms with E-state index < -0.39 is 0 Å². The summed E-state index contributed by atoms with van der Waals surface area (Å²) in [7, 11) is 3.13. The van der Waals surface area contributed by atoms with Crippen LogP contribution in [0.2, 0.25) is 0 Å². The molecule has 0 heterocycles. The van der Waals surface area contributed by atoms with Crippen molar-refractivity contribution in [2.24, 2.45) is 5.73 Å². The SMILES string of the molecule is COc1cc(SC)c(OC)c(C(=O)CCN)c1. The Morgan fingerprint density at radius 3 is 2.53 bits per heavy atom. The average molecular weight is 255 g/mol. The number of carbonyl (C=O) groups excluding carboxylic acids is 1. The van der Waals surface area contributed by atoms with Crippen molar-refractivity contribution in [2.45, 2.75) is 11.3 Å². The summed E-state index contributed by atoms with van der Waals surface area (Å²) in [5, 5.41) is 0. The van der Waals surface area contributed by atoms with E-state index in [2.05, 4.69) is 0 Å². The van der Waals surface area contributed by atoms with E-state index in [-0.39, 0.29) is 5.78 Å². The Morgan fingerprint density at radius 2 is 2.06 bits per heavy atom. The van der Waals surface area contributed by atoms with E-state index in [4.69, 9.17) is 15.2 Å². The van der Waals surface area contributed by atoms with Gasteiger partial charge < -0.3 is 15.2 Å². The number of thioether (sulfide) groups is 1. The molecular formula is C12H17NO3S. The number of Topliss-reactive ketones (excluding diaryl/α,β-unsaturated/α-hetero) is 1. The number of rotatable bonds is 6. The molecule has 0 unspecified atom stereocenters. The molecule has 0 saturated heterocycles. The van der Waals surface area contributed by atoms with Gasteiger partial charge in [0.1, 0.15) is 11.5 Å². The predicted molar refractivity (Wildman–Crippen MR) is 69.3 cm³/mol. The molecule has 0 fully saturated rings. The van der Waals surface area contributed by atoms with Gasteiger partial charge in [0.15, 0.2) is 5.78 Å². The molecule has 0 radical (unpaired) electrons. The number of ketones is 1. The van der Waals surface area contributed by atoms with Gasteiger partial charge in [0.2, 0.25) is 0 Å². The molecule has 1 aromatic rings. The number of benzene rings is 1. The lowest BCUT2D eigenvalue weighted by Crippen LogP contribution is -2.10. The molecule has 0 amide bonds. The van der Waals surface area contributed by atoms with Gasteiger partial charge in [-0.2, -0.15) is 0 Å². The van der Waals surface area contributed by atoms with Crippen LogP contribution in [0.15, 0.2) is 17.0 Å². The Kier molecular flexibility index (Phi) is 5.31. The Hall–Kier alpha value is -1.20. The van der Waals surface area contributed by atoms with Gasteiger partial charge >= 0.3 is 0 Å². The van der Waals surface area contributed by atoms with Crippen molar-refractivity contribution in [1.29, 1.82) is 0 Å². The molecular weight excluding hydrogens is 238 g/mol. The highest BCUT2D eigenvalue weighted by molar-refractivity contribution is 7.98. The monoisotopic (exact) mass is 255 g/mol. The number of carbonyl (C=O) groups is 1. The molecule has 2 N–H and O–H groups in total. The molecule has 0 aliphatic carbocycles. The van der Waals surface area contributed by atoms with Gasteiger partial charge in [-0.1, -0.05) is 0 Å². The first-order chi connectivity index (χ1) is 8.17. The minimum absolute atomic E-state index is 0.0291. The van der Waals surface area contributed by atoms with Gasteiger partial charge in [-0.3, -0.25) is 4.79 Å². The molecule has 1 rings (SSSR count). The second-order valence-electron chi connectivity index (χ2n) is 3.37. The van der Waals surface area contributed by atoms with Gasteiger partial charge in [0, 0.05) is 6.42 Å². The Balaban J connectivity index is 3.28. The summed E-state index contributed by atoms with van der Waals surface area (Å²) in [4.78, 5) is 12.8. The molecule has 0 aliphatic heterocycles. The third kappa shape index (κ3) is 3.14. The zero-order chi connectivity index (χ0) is 12.8. The lowest BCUT2D eigenvalue weighted by molar-refractivity contribution is 0.0981. The predicted octanol–water partition coefficient (Wildman–Crippen LogP) is 1.96. The highest BCUT2D eigenvalue weighted by Crippen LogP contribution is 2.35. The van der Waals surface area contributed by atoms with Crippen LogP contribution in [0.1, 0.15) is 16.8 Å². The molecule has 0 atom stereocenters. The lowest BCUT2D eigenvalue weighted by Gasteiger charge is -2.13. The van der Waals surface area contributed by atoms with Crippen molar-refractivity contribution in [3.63, 3.8) is 0 Å². The van der Waals surface area contributed by atoms with Crippen LogP contribution in [0.25, 0.3) is 0 Å². The largest absolute Gasteiger partial charge is 0.497 e. The van der Waals surface area contributed by atoms with Crippen molar-refractivity contribution >= 4 is 17.5 Å². The molecule has 1 aromatic carbocycles. The molecule has 0 spiro atoms. The Morgan fingerprint density at radius 1 is 1.35 bits per heavy atom. The molecule has 0 saturated carbocycles. The van der Waals surface area contributed by atoms with E-state index in [9.17, 15) is 4.79 Å². The molecule has 0 aromatic heterocycles. The van der Waals surface area contributed by atoms with Crippen LogP contribution in [-0.2, 0) is 0 Å². The van der Waals surface area contributed by atoms with Crippen LogP contribution < -0.4 is 15.2 Å². The summed E-state index contributed by atoms with van der Waals surface area (Å²) in [6.07, 6.45) is 2.23. The summed E-state index contributed by atoms with van der Waals surface area (Å²) in [6, 6.07) is 3.54. The fourth-order valence-electron chi connectivity index (χ4n) is 1.53. The number of nitrogens with two attached hydrogens (primary N) is 1. The summed E-state index contributed by atoms with van der Waals surface area (Å²) >= 11 is 1.51. The second kappa shape index (κ2) is 6.51. The van der Waals surface area contributed by atoms with E-state index in [1.807, 2.05) is 12.3 Å². The van der Waals surface area contributed by atoms with Crippen LogP contribution in [0.5, 0.6) is 11.5 Å². The third-order valence-electron chi connectivity index (χ3n) is 2.36. The summed E-state index contributed by atoms with van der Waals surface area (Å²) in [5.41, 5.74) is 5.93. The van der Waals surface area contributed by atoms with Crippen molar-refractivity contribution in [1.82, 2.24) is 0 Å². The maximum Gasteiger partial charge on any atom is 0.168 e. The Labute approximate surface area is 105 Å². The average Bonchev–Trinajstić information content (AvgIpc) is 2.37. The molecule has 4 nitrogen and oxygen atoms in total. The highest BCUT2D eigenvalue weighted by atomic mass is 32.2. The first-order valence-corrected chi connectivity index (χ1v) is 6.43. The molecule has 0 bridgehead atoms. The second-order valence-corrected chi connectivity index (χ2v) is 4.22. The van der Waals surface area contributed by atoms with Crippen LogP contribution in [0.4, 0.5) is 0 Å². The van der Waals surface area contributed by atoms with Crippen molar-refractivity contribution < 1.29 is 14.3 Å². The summed E-state index contributed by atoms with van der Waals surface area (Å²) in [6.45, 7) is 0.327. The lowest BCUT2D eigenvalue weighted by atomic mass is 10.1. The fourth-order valence-corrected chi connectivity index (χ4v) is 2.14. The van der Waals surface area contributed by atoms with Gasteiger partial charge in [-0.05, 0) is 24.9 Å².